The van der Waals surface area contributed by atoms with Crippen LogP contribution in [-0.4, -0.2) is 20.1 Å². The number of carbonyl (C=O) groups is 1. The van der Waals surface area contributed by atoms with Crippen molar-refractivity contribution in [1.82, 2.24) is 0 Å². The number of nitrogens with one attached hydrogen (secondary N) is 1. The molecule has 0 fully saturated rings. The maximum absolute atomic E-state index is 13.3. The molecule has 0 saturated heterocycles. The van der Waals surface area contributed by atoms with Crippen molar-refractivity contribution < 1.29 is 18.7 Å². The summed E-state index contributed by atoms with van der Waals surface area (Å²) in [5.41, 5.74) is 6.97. The predicted molar refractivity (Wildman–Crippen MR) is 78.3 cm³/mol. The second-order valence-electron chi connectivity index (χ2n) is 4.26. The first kappa shape index (κ1) is 14.6. The van der Waals surface area contributed by atoms with Crippen LogP contribution in [0.15, 0.2) is 36.4 Å². The molecule has 0 saturated carbocycles. The number of halogens is 1. The van der Waals surface area contributed by atoms with Crippen LogP contribution in [0.5, 0.6) is 11.5 Å². The Morgan fingerprint density at radius 1 is 1.10 bits per heavy atom. The maximum atomic E-state index is 13.3. The van der Waals surface area contributed by atoms with E-state index in [1.165, 1.54) is 32.4 Å². The number of anilines is 2. The maximum Gasteiger partial charge on any atom is 0.255 e. The Morgan fingerprint density at radius 3 is 2.43 bits per heavy atom. The fourth-order valence-electron chi connectivity index (χ4n) is 1.82. The van der Waals surface area contributed by atoms with E-state index in [1.54, 1.807) is 18.2 Å². The van der Waals surface area contributed by atoms with Crippen LogP contribution < -0.4 is 20.5 Å². The van der Waals surface area contributed by atoms with E-state index in [0.717, 1.165) is 0 Å². The number of amides is 1. The highest BCUT2D eigenvalue weighted by molar-refractivity contribution is 6.04. The zero-order valence-electron chi connectivity index (χ0n) is 11.6. The first-order valence-electron chi connectivity index (χ1n) is 6.13. The van der Waals surface area contributed by atoms with E-state index in [-0.39, 0.29) is 11.3 Å². The van der Waals surface area contributed by atoms with Gasteiger partial charge in [-0.3, -0.25) is 4.79 Å². The van der Waals surface area contributed by atoms with Gasteiger partial charge in [-0.15, -0.1) is 0 Å². The fourth-order valence-corrected chi connectivity index (χ4v) is 1.82. The van der Waals surface area contributed by atoms with Crippen LogP contribution in [0.1, 0.15) is 10.4 Å². The Hall–Kier alpha value is -2.76. The zero-order valence-corrected chi connectivity index (χ0v) is 11.6. The summed E-state index contributed by atoms with van der Waals surface area (Å²) in [5.74, 6) is -0.381. The monoisotopic (exact) mass is 290 g/mol. The predicted octanol–water partition coefficient (Wildman–Crippen LogP) is 2.68. The summed E-state index contributed by atoms with van der Waals surface area (Å²) >= 11 is 0. The third-order valence-electron chi connectivity index (χ3n) is 2.90. The summed E-state index contributed by atoms with van der Waals surface area (Å²) in [7, 11) is 2.85. The van der Waals surface area contributed by atoms with E-state index in [9.17, 15) is 9.18 Å². The first-order chi connectivity index (χ1) is 10.0. The van der Waals surface area contributed by atoms with Crippen molar-refractivity contribution >= 4 is 17.3 Å². The summed E-state index contributed by atoms with van der Waals surface area (Å²) < 4.78 is 23.2. The SMILES string of the molecule is COc1ccc(NC(=O)c2ccc(F)c(OC)c2)cc1N. The van der Waals surface area contributed by atoms with Crippen LogP contribution in [0.25, 0.3) is 0 Å². The van der Waals surface area contributed by atoms with Crippen molar-refractivity contribution in [3.63, 3.8) is 0 Å². The van der Waals surface area contributed by atoms with Crippen molar-refractivity contribution in [3.05, 3.63) is 47.8 Å². The molecule has 0 aliphatic rings. The number of hydrogen-bond donors (Lipinski definition) is 2. The van der Waals surface area contributed by atoms with Crippen LogP contribution in [0.2, 0.25) is 0 Å². The molecule has 0 unspecified atom stereocenters. The lowest BCUT2D eigenvalue weighted by Gasteiger charge is -2.09. The molecular weight excluding hydrogens is 275 g/mol. The van der Waals surface area contributed by atoms with Gasteiger partial charge in [0, 0.05) is 11.3 Å². The molecule has 0 bridgehead atoms. The molecule has 0 heterocycles. The second-order valence-corrected chi connectivity index (χ2v) is 4.26. The van der Waals surface area contributed by atoms with E-state index in [1.807, 2.05) is 0 Å². The average molecular weight is 290 g/mol. The van der Waals surface area contributed by atoms with Gasteiger partial charge in [-0.05, 0) is 36.4 Å². The molecule has 1 amide bonds. The van der Waals surface area contributed by atoms with Gasteiger partial charge in [0.2, 0.25) is 0 Å². The minimum absolute atomic E-state index is 0.0110. The Bertz CT molecular complexity index is 674. The Balaban J connectivity index is 2.19. The number of ether oxygens (including phenoxy) is 2. The molecule has 0 atom stereocenters. The van der Waals surface area contributed by atoms with Crippen molar-refractivity contribution in [3.8, 4) is 11.5 Å². The molecule has 6 heteroatoms. The summed E-state index contributed by atoms with van der Waals surface area (Å²) in [6.45, 7) is 0. The quantitative estimate of drug-likeness (QED) is 0.849. The zero-order chi connectivity index (χ0) is 15.4. The standard InChI is InChI=1S/C15H15FN2O3/c1-20-13-6-4-10(8-12(13)17)18-15(19)9-3-5-11(16)14(7-9)21-2/h3-8H,17H2,1-2H3,(H,18,19). The third-order valence-corrected chi connectivity index (χ3v) is 2.90. The molecule has 0 aliphatic heterocycles. The summed E-state index contributed by atoms with van der Waals surface area (Å²) in [5, 5.41) is 2.67. The van der Waals surface area contributed by atoms with Gasteiger partial charge in [-0.25, -0.2) is 4.39 Å². The van der Waals surface area contributed by atoms with Crippen LogP contribution in [0.3, 0.4) is 0 Å². The number of hydrogen-bond acceptors (Lipinski definition) is 4. The van der Waals surface area contributed by atoms with Crippen LogP contribution >= 0.6 is 0 Å². The van der Waals surface area contributed by atoms with Gasteiger partial charge in [0.25, 0.3) is 5.91 Å². The van der Waals surface area contributed by atoms with Gasteiger partial charge in [0.05, 0.1) is 19.9 Å². The van der Waals surface area contributed by atoms with E-state index in [0.29, 0.717) is 17.1 Å². The second kappa shape index (κ2) is 6.13. The molecule has 2 aromatic carbocycles. The lowest BCUT2D eigenvalue weighted by molar-refractivity contribution is 0.102. The lowest BCUT2D eigenvalue weighted by Crippen LogP contribution is -2.12. The Labute approximate surface area is 121 Å². The number of methoxy groups -OCH3 is 2. The Morgan fingerprint density at radius 2 is 1.81 bits per heavy atom. The number of rotatable bonds is 4. The number of carbonyl (C=O) groups excluding carboxylic acids is 1. The normalized spacial score (nSPS) is 10.0. The third kappa shape index (κ3) is 3.22. The van der Waals surface area contributed by atoms with Gasteiger partial charge in [-0.2, -0.15) is 0 Å². The molecule has 3 N–H and O–H groups in total. The molecule has 0 spiro atoms. The lowest BCUT2D eigenvalue weighted by atomic mass is 10.2. The van der Waals surface area contributed by atoms with Gasteiger partial charge < -0.3 is 20.5 Å². The fraction of sp³-hybridized carbons (Fsp3) is 0.133. The summed E-state index contributed by atoms with van der Waals surface area (Å²) in [4.78, 5) is 12.1. The van der Waals surface area contributed by atoms with Gasteiger partial charge in [0.1, 0.15) is 5.75 Å². The van der Waals surface area contributed by atoms with Crippen molar-refractivity contribution in [2.24, 2.45) is 0 Å². The van der Waals surface area contributed by atoms with E-state index >= 15 is 0 Å². The smallest absolute Gasteiger partial charge is 0.255 e. The average Bonchev–Trinajstić information content (AvgIpc) is 2.48. The van der Waals surface area contributed by atoms with Crippen LogP contribution in [0, 0.1) is 5.82 Å². The molecule has 21 heavy (non-hydrogen) atoms. The van der Waals surface area contributed by atoms with Crippen LogP contribution in [-0.2, 0) is 0 Å². The van der Waals surface area contributed by atoms with Gasteiger partial charge >= 0.3 is 0 Å². The highest BCUT2D eigenvalue weighted by Gasteiger charge is 2.11. The Kier molecular flexibility index (Phi) is 4.27. The first-order valence-corrected chi connectivity index (χ1v) is 6.13. The van der Waals surface area contributed by atoms with E-state index in [4.69, 9.17) is 15.2 Å². The highest BCUT2D eigenvalue weighted by Crippen LogP contribution is 2.25. The summed E-state index contributed by atoms with van der Waals surface area (Å²) in [6, 6.07) is 8.77. The molecule has 5 nitrogen and oxygen atoms in total. The largest absolute Gasteiger partial charge is 0.495 e. The van der Waals surface area contributed by atoms with Crippen molar-refractivity contribution in [2.45, 2.75) is 0 Å². The molecule has 2 aromatic rings. The number of benzene rings is 2. The van der Waals surface area contributed by atoms with Crippen LogP contribution in [0.4, 0.5) is 15.8 Å². The molecule has 0 aliphatic carbocycles. The molecule has 0 aromatic heterocycles. The molecular formula is C15H15FN2O3. The van der Waals surface area contributed by atoms with E-state index in [2.05, 4.69) is 5.32 Å². The number of nitrogens with two attached hydrogens (primary N) is 1. The minimum Gasteiger partial charge on any atom is -0.495 e. The van der Waals surface area contributed by atoms with Crippen molar-refractivity contribution in [1.29, 1.82) is 0 Å². The highest BCUT2D eigenvalue weighted by atomic mass is 19.1. The topological polar surface area (TPSA) is 73.6 Å². The molecule has 110 valence electrons. The minimum atomic E-state index is -0.525. The number of nitrogen functional groups attached to an aromatic ring is 1. The van der Waals surface area contributed by atoms with Crippen molar-refractivity contribution in [2.75, 3.05) is 25.3 Å². The van der Waals surface area contributed by atoms with E-state index < -0.39 is 11.7 Å². The molecule has 2 rings (SSSR count). The van der Waals surface area contributed by atoms with Gasteiger partial charge in [0.15, 0.2) is 11.6 Å². The van der Waals surface area contributed by atoms with Gasteiger partial charge in [-0.1, -0.05) is 0 Å². The molecule has 0 radical (unpaired) electrons. The summed E-state index contributed by atoms with van der Waals surface area (Å²) in [6.07, 6.45) is 0.